The lowest BCUT2D eigenvalue weighted by atomic mass is 9.68. The third-order valence-electron chi connectivity index (χ3n) is 5.02. The Hall–Kier alpha value is -0.870. The van der Waals surface area contributed by atoms with Crippen molar-refractivity contribution < 1.29 is 4.74 Å². The van der Waals surface area contributed by atoms with Crippen molar-refractivity contribution in [3.63, 3.8) is 0 Å². The summed E-state index contributed by atoms with van der Waals surface area (Å²) in [5.74, 6) is 0. The molecule has 1 N–H and O–H groups in total. The van der Waals surface area contributed by atoms with Crippen LogP contribution in [-0.2, 0) is 11.3 Å². The molecular weight excluding hydrogens is 250 g/mol. The molecule has 114 valence electrons. The van der Waals surface area contributed by atoms with E-state index in [1.165, 1.54) is 18.5 Å². The van der Waals surface area contributed by atoms with E-state index in [2.05, 4.69) is 41.9 Å². The van der Waals surface area contributed by atoms with Crippen molar-refractivity contribution in [1.29, 1.82) is 0 Å². The average molecular weight is 279 g/mol. The summed E-state index contributed by atoms with van der Waals surface area (Å²) in [4.78, 5) is 0. The van der Waals surface area contributed by atoms with Gasteiger partial charge < -0.3 is 10.1 Å². The van der Waals surface area contributed by atoms with Gasteiger partial charge in [-0.3, -0.25) is 4.68 Å². The van der Waals surface area contributed by atoms with Crippen molar-refractivity contribution in [3.05, 3.63) is 18.0 Å². The average Bonchev–Trinajstić information content (AvgIpc) is 2.90. The van der Waals surface area contributed by atoms with Gasteiger partial charge in [0.05, 0.1) is 17.3 Å². The first kappa shape index (κ1) is 15.5. The number of nitrogens with one attached hydrogen (secondary N) is 1. The lowest BCUT2D eigenvalue weighted by molar-refractivity contribution is -0.0878. The summed E-state index contributed by atoms with van der Waals surface area (Å²) in [7, 11) is 3.88. The first-order valence-corrected chi connectivity index (χ1v) is 7.72. The highest BCUT2D eigenvalue weighted by Crippen LogP contribution is 2.47. The molecule has 20 heavy (non-hydrogen) atoms. The number of ether oxygens (including phenoxy) is 1. The monoisotopic (exact) mass is 279 g/mol. The fraction of sp³-hybridized carbons (Fsp3) is 0.812. The van der Waals surface area contributed by atoms with E-state index in [1.807, 2.05) is 20.4 Å². The molecule has 1 aromatic heterocycles. The predicted octanol–water partition coefficient (Wildman–Crippen LogP) is 3.15. The SMILES string of the molecule is CCn1nccc1C(NC)C1(OC)CCC(C)(C)CC1. The van der Waals surface area contributed by atoms with Crippen molar-refractivity contribution >= 4 is 0 Å². The molecule has 1 aliphatic rings. The summed E-state index contributed by atoms with van der Waals surface area (Å²) in [6.45, 7) is 7.74. The molecule has 0 aromatic carbocycles. The maximum atomic E-state index is 6.04. The van der Waals surface area contributed by atoms with Crippen molar-refractivity contribution in [2.45, 2.75) is 64.6 Å². The molecule has 2 rings (SSSR count). The number of hydrogen-bond acceptors (Lipinski definition) is 3. The van der Waals surface area contributed by atoms with E-state index in [4.69, 9.17) is 4.74 Å². The molecule has 1 atom stereocenters. The van der Waals surface area contributed by atoms with Crippen LogP contribution in [0.3, 0.4) is 0 Å². The van der Waals surface area contributed by atoms with Crippen LogP contribution >= 0.6 is 0 Å². The van der Waals surface area contributed by atoms with Crippen LogP contribution in [0.1, 0.15) is 58.2 Å². The minimum Gasteiger partial charge on any atom is -0.376 e. The number of aromatic nitrogens is 2. The summed E-state index contributed by atoms with van der Waals surface area (Å²) >= 11 is 0. The first-order valence-electron chi connectivity index (χ1n) is 7.72. The van der Waals surface area contributed by atoms with Gasteiger partial charge in [-0.15, -0.1) is 0 Å². The Morgan fingerprint density at radius 3 is 2.50 bits per heavy atom. The van der Waals surface area contributed by atoms with Crippen LogP contribution < -0.4 is 5.32 Å². The smallest absolute Gasteiger partial charge is 0.0888 e. The number of methoxy groups -OCH3 is 1. The lowest BCUT2D eigenvalue weighted by Gasteiger charge is -2.47. The number of hydrogen-bond donors (Lipinski definition) is 1. The number of likely N-dealkylation sites (N-methyl/N-ethyl adjacent to an activating group) is 1. The second-order valence-corrected chi connectivity index (χ2v) is 6.73. The molecule has 0 saturated heterocycles. The van der Waals surface area contributed by atoms with Crippen LogP contribution in [0.15, 0.2) is 12.3 Å². The van der Waals surface area contributed by atoms with Crippen molar-refractivity contribution in [2.75, 3.05) is 14.2 Å². The molecule has 1 heterocycles. The van der Waals surface area contributed by atoms with Gasteiger partial charge in [0.25, 0.3) is 0 Å². The molecule has 1 fully saturated rings. The van der Waals surface area contributed by atoms with Gasteiger partial charge >= 0.3 is 0 Å². The Bertz CT molecular complexity index is 429. The minimum absolute atomic E-state index is 0.114. The summed E-state index contributed by atoms with van der Waals surface area (Å²) < 4.78 is 8.12. The molecule has 0 bridgehead atoms. The van der Waals surface area contributed by atoms with Crippen LogP contribution in [0.4, 0.5) is 0 Å². The zero-order chi connectivity index (χ0) is 14.8. The molecule has 0 amide bonds. The Balaban J connectivity index is 2.29. The summed E-state index contributed by atoms with van der Waals surface area (Å²) in [5, 5.41) is 7.90. The minimum atomic E-state index is -0.114. The highest BCUT2D eigenvalue weighted by molar-refractivity contribution is 5.15. The van der Waals surface area contributed by atoms with Gasteiger partial charge in [-0.25, -0.2) is 0 Å². The lowest BCUT2D eigenvalue weighted by Crippen LogP contribution is -2.49. The molecule has 1 saturated carbocycles. The molecule has 1 unspecified atom stereocenters. The third kappa shape index (κ3) is 2.77. The zero-order valence-electron chi connectivity index (χ0n) is 13.6. The Kier molecular flexibility index (Phi) is 4.55. The maximum Gasteiger partial charge on any atom is 0.0888 e. The second kappa shape index (κ2) is 5.86. The van der Waals surface area contributed by atoms with E-state index in [1.54, 1.807) is 0 Å². The Labute approximate surface area is 122 Å². The van der Waals surface area contributed by atoms with Crippen LogP contribution in [0, 0.1) is 5.41 Å². The fourth-order valence-electron chi connectivity index (χ4n) is 3.49. The number of rotatable bonds is 5. The van der Waals surface area contributed by atoms with Crippen LogP contribution in [0.25, 0.3) is 0 Å². The maximum absolute atomic E-state index is 6.04. The first-order chi connectivity index (χ1) is 9.48. The number of aryl methyl sites for hydroxylation is 1. The second-order valence-electron chi connectivity index (χ2n) is 6.73. The van der Waals surface area contributed by atoms with Gasteiger partial charge in [0.1, 0.15) is 0 Å². The van der Waals surface area contributed by atoms with E-state index in [-0.39, 0.29) is 11.6 Å². The van der Waals surface area contributed by atoms with Crippen molar-refractivity contribution in [3.8, 4) is 0 Å². The summed E-state index contributed by atoms with van der Waals surface area (Å²) in [5.41, 5.74) is 1.55. The topological polar surface area (TPSA) is 39.1 Å². The summed E-state index contributed by atoms with van der Waals surface area (Å²) in [6.07, 6.45) is 6.49. The van der Waals surface area contributed by atoms with Gasteiger partial charge in [-0.2, -0.15) is 5.10 Å². The van der Waals surface area contributed by atoms with E-state index in [9.17, 15) is 0 Å². The van der Waals surface area contributed by atoms with Gasteiger partial charge in [-0.05, 0) is 51.1 Å². The van der Waals surface area contributed by atoms with E-state index in [0.717, 1.165) is 19.4 Å². The Morgan fingerprint density at radius 1 is 1.35 bits per heavy atom. The van der Waals surface area contributed by atoms with Gasteiger partial charge in [0.15, 0.2) is 0 Å². The molecule has 0 aliphatic heterocycles. The van der Waals surface area contributed by atoms with Gasteiger partial charge in [-0.1, -0.05) is 13.8 Å². The van der Waals surface area contributed by atoms with E-state index < -0.39 is 0 Å². The normalized spacial score (nSPS) is 22.6. The Morgan fingerprint density at radius 2 is 2.00 bits per heavy atom. The van der Waals surface area contributed by atoms with Crippen LogP contribution in [-0.4, -0.2) is 29.5 Å². The van der Waals surface area contributed by atoms with Crippen LogP contribution in [0.5, 0.6) is 0 Å². The van der Waals surface area contributed by atoms with Crippen molar-refractivity contribution in [2.24, 2.45) is 5.41 Å². The highest BCUT2D eigenvalue weighted by Gasteiger charge is 2.45. The quantitative estimate of drug-likeness (QED) is 0.900. The van der Waals surface area contributed by atoms with Crippen molar-refractivity contribution in [1.82, 2.24) is 15.1 Å². The molecule has 0 spiro atoms. The molecule has 4 heteroatoms. The largest absolute Gasteiger partial charge is 0.376 e. The predicted molar refractivity (Wildman–Crippen MR) is 81.7 cm³/mol. The highest BCUT2D eigenvalue weighted by atomic mass is 16.5. The molecule has 1 aromatic rings. The third-order valence-corrected chi connectivity index (χ3v) is 5.02. The zero-order valence-corrected chi connectivity index (χ0v) is 13.6. The molecule has 0 radical (unpaired) electrons. The van der Waals surface area contributed by atoms with Crippen LogP contribution in [0.2, 0.25) is 0 Å². The molecule has 1 aliphatic carbocycles. The van der Waals surface area contributed by atoms with E-state index >= 15 is 0 Å². The number of nitrogens with zero attached hydrogens (tertiary/aromatic N) is 2. The van der Waals surface area contributed by atoms with Gasteiger partial charge in [0.2, 0.25) is 0 Å². The fourth-order valence-corrected chi connectivity index (χ4v) is 3.49. The van der Waals surface area contributed by atoms with E-state index in [0.29, 0.717) is 5.41 Å². The standard InChI is InChI=1S/C16H29N3O/c1-6-19-13(7-12-18-19)14(17-4)16(20-5)10-8-15(2,3)9-11-16/h7,12,14,17H,6,8-11H2,1-5H3. The molecular formula is C16H29N3O. The van der Waals surface area contributed by atoms with Gasteiger partial charge in [0, 0.05) is 19.9 Å². The summed E-state index contributed by atoms with van der Waals surface area (Å²) in [6, 6.07) is 2.32. The molecule has 4 nitrogen and oxygen atoms in total.